The third kappa shape index (κ3) is 2.39. The molecule has 11 heteroatoms. The SMILES string of the molecule is Cn1cc(S(=O)(=O)NCc2nn[nH]n2)c(N)n1. The number of hydrogen-bond donors (Lipinski definition) is 3. The Morgan fingerprint density at radius 3 is 2.88 bits per heavy atom. The molecule has 0 fully saturated rings. The van der Waals surface area contributed by atoms with Crippen molar-refractivity contribution < 1.29 is 8.42 Å². The summed E-state index contributed by atoms with van der Waals surface area (Å²) >= 11 is 0. The number of aryl methyl sites for hydroxylation is 1. The van der Waals surface area contributed by atoms with Gasteiger partial charge in [-0.15, -0.1) is 10.2 Å². The van der Waals surface area contributed by atoms with Crippen LogP contribution in [-0.2, 0) is 23.6 Å². The normalized spacial score (nSPS) is 11.8. The van der Waals surface area contributed by atoms with Gasteiger partial charge in [0, 0.05) is 13.2 Å². The third-order valence-electron chi connectivity index (χ3n) is 1.92. The number of sulfonamides is 1. The van der Waals surface area contributed by atoms with Gasteiger partial charge in [-0.1, -0.05) is 5.21 Å². The number of nitrogens with zero attached hydrogens (tertiary/aromatic N) is 5. The first-order valence-electron chi connectivity index (χ1n) is 4.50. The molecular weight excluding hydrogens is 248 g/mol. The topological polar surface area (TPSA) is 144 Å². The Balaban J connectivity index is 2.17. The molecule has 2 rings (SSSR count). The number of nitrogens with one attached hydrogen (secondary N) is 2. The van der Waals surface area contributed by atoms with Gasteiger partial charge in [-0.3, -0.25) is 4.68 Å². The van der Waals surface area contributed by atoms with Crippen LogP contribution in [0.3, 0.4) is 0 Å². The monoisotopic (exact) mass is 258 g/mol. The molecule has 4 N–H and O–H groups in total. The average Bonchev–Trinajstić information content (AvgIpc) is 2.85. The molecule has 0 saturated heterocycles. The molecule has 0 unspecified atom stereocenters. The fraction of sp³-hybridized carbons (Fsp3) is 0.333. The number of rotatable bonds is 4. The Bertz CT molecular complexity index is 600. The summed E-state index contributed by atoms with van der Waals surface area (Å²) in [5.41, 5.74) is 5.48. The van der Waals surface area contributed by atoms with Crippen LogP contribution < -0.4 is 10.5 Å². The van der Waals surface area contributed by atoms with Crippen LogP contribution in [0, 0.1) is 0 Å². The number of tetrazole rings is 1. The van der Waals surface area contributed by atoms with Crippen LogP contribution in [0.1, 0.15) is 5.82 Å². The van der Waals surface area contributed by atoms with Gasteiger partial charge in [-0.2, -0.15) is 10.3 Å². The lowest BCUT2D eigenvalue weighted by atomic mass is 10.6. The first kappa shape index (κ1) is 11.5. The minimum absolute atomic E-state index is 0.0619. The van der Waals surface area contributed by atoms with Gasteiger partial charge in [0.2, 0.25) is 10.0 Å². The second-order valence-electron chi connectivity index (χ2n) is 3.20. The summed E-state index contributed by atoms with van der Waals surface area (Å²) in [6.07, 6.45) is 1.31. The molecule has 2 aromatic heterocycles. The molecule has 0 aromatic carbocycles. The Morgan fingerprint density at radius 1 is 1.59 bits per heavy atom. The van der Waals surface area contributed by atoms with E-state index in [0.717, 1.165) is 0 Å². The Kier molecular flexibility index (Phi) is 2.77. The number of nitrogen functional groups attached to an aromatic ring is 1. The van der Waals surface area contributed by atoms with Crippen LogP contribution in [0.25, 0.3) is 0 Å². The molecular formula is C6H10N8O2S. The highest BCUT2D eigenvalue weighted by atomic mass is 32.2. The van der Waals surface area contributed by atoms with Crippen molar-refractivity contribution in [2.24, 2.45) is 7.05 Å². The summed E-state index contributed by atoms with van der Waals surface area (Å²) < 4.78 is 27.3. The highest BCUT2D eigenvalue weighted by Gasteiger charge is 2.20. The molecule has 92 valence electrons. The maximum Gasteiger partial charge on any atom is 0.246 e. The smallest absolute Gasteiger partial charge is 0.246 e. The van der Waals surface area contributed by atoms with Gasteiger partial charge in [0.1, 0.15) is 4.90 Å². The van der Waals surface area contributed by atoms with Gasteiger partial charge < -0.3 is 5.73 Å². The van der Waals surface area contributed by atoms with Crippen molar-refractivity contribution in [1.82, 2.24) is 35.1 Å². The lowest BCUT2D eigenvalue weighted by Crippen LogP contribution is -2.24. The summed E-state index contributed by atoms with van der Waals surface area (Å²) in [4.78, 5) is -0.0801. The molecule has 0 bridgehead atoms. The maximum absolute atomic E-state index is 11.8. The van der Waals surface area contributed by atoms with Gasteiger partial charge in [-0.05, 0) is 0 Å². The van der Waals surface area contributed by atoms with Crippen LogP contribution in [0.5, 0.6) is 0 Å². The van der Waals surface area contributed by atoms with Crippen molar-refractivity contribution in [3.63, 3.8) is 0 Å². The number of H-pyrrole nitrogens is 1. The van der Waals surface area contributed by atoms with Gasteiger partial charge in [0.25, 0.3) is 0 Å². The van der Waals surface area contributed by atoms with Crippen molar-refractivity contribution in [3.05, 3.63) is 12.0 Å². The van der Waals surface area contributed by atoms with Crippen LogP contribution in [0.4, 0.5) is 5.82 Å². The van der Waals surface area contributed by atoms with Crippen LogP contribution in [0.2, 0.25) is 0 Å². The van der Waals surface area contributed by atoms with Gasteiger partial charge in [0.15, 0.2) is 11.6 Å². The van der Waals surface area contributed by atoms with E-state index >= 15 is 0 Å². The molecule has 0 radical (unpaired) electrons. The zero-order valence-corrected chi connectivity index (χ0v) is 9.64. The molecule has 0 aliphatic heterocycles. The van der Waals surface area contributed by atoms with Crippen LogP contribution >= 0.6 is 0 Å². The standard InChI is InChI=1S/C6H10N8O2S/c1-14-3-4(6(7)11-14)17(15,16)8-2-5-9-12-13-10-5/h3,8H,2H2,1H3,(H2,7,11)(H,9,10,12,13). The number of aromatic nitrogens is 6. The lowest BCUT2D eigenvalue weighted by Gasteiger charge is -2.01. The Hall–Kier alpha value is -2.01. The van der Waals surface area contributed by atoms with Gasteiger partial charge >= 0.3 is 0 Å². The lowest BCUT2D eigenvalue weighted by molar-refractivity contribution is 0.579. The molecule has 0 saturated carbocycles. The van der Waals surface area contributed by atoms with E-state index < -0.39 is 10.0 Å². The predicted octanol–water partition coefficient (Wildman–Crippen LogP) is -2.01. The zero-order valence-electron chi connectivity index (χ0n) is 8.82. The van der Waals surface area contributed by atoms with E-state index in [9.17, 15) is 8.42 Å². The van der Waals surface area contributed by atoms with Gasteiger partial charge in [0.05, 0.1) is 6.54 Å². The largest absolute Gasteiger partial charge is 0.381 e. The average molecular weight is 258 g/mol. The number of nitrogens with two attached hydrogens (primary N) is 1. The number of hydrogen-bond acceptors (Lipinski definition) is 7. The van der Waals surface area contributed by atoms with E-state index in [0.29, 0.717) is 0 Å². The summed E-state index contributed by atoms with van der Waals surface area (Å²) in [6.45, 7) is -0.0762. The van der Waals surface area contributed by atoms with Crippen molar-refractivity contribution in [2.45, 2.75) is 11.4 Å². The molecule has 0 atom stereocenters. The minimum atomic E-state index is -3.73. The molecule has 17 heavy (non-hydrogen) atoms. The van der Waals surface area contributed by atoms with Crippen molar-refractivity contribution in [3.8, 4) is 0 Å². The van der Waals surface area contributed by atoms with E-state index in [2.05, 4.69) is 30.4 Å². The second kappa shape index (κ2) is 4.10. The van der Waals surface area contributed by atoms with E-state index in [1.54, 1.807) is 7.05 Å². The van der Waals surface area contributed by atoms with E-state index in [1.807, 2.05) is 0 Å². The molecule has 10 nitrogen and oxygen atoms in total. The minimum Gasteiger partial charge on any atom is -0.381 e. The van der Waals surface area contributed by atoms with Crippen molar-refractivity contribution >= 4 is 15.8 Å². The molecule has 2 heterocycles. The van der Waals surface area contributed by atoms with E-state index in [1.165, 1.54) is 10.9 Å². The fourth-order valence-corrected chi connectivity index (χ4v) is 2.27. The first-order valence-corrected chi connectivity index (χ1v) is 5.98. The summed E-state index contributed by atoms with van der Waals surface area (Å²) in [5, 5.41) is 16.5. The zero-order chi connectivity index (χ0) is 12.5. The van der Waals surface area contributed by atoms with Crippen LogP contribution in [0.15, 0.2) is 11.1 Å². The number of anilines is 1. The van der Waals surface area contributed by atoms with Crippen molar-refractivity contribution in [1.29, 1.82) is 0 Å². The fourth-order valence-electron chi connectivity index (χ4n) is 1.19. The molecule has 2 aromatic rings. The molecule has 0 aliphatic carbocycles. The quantitative estimate of drug-likeness (QED) is 0.574. The molecule has 0 spiro atoms. The molecule has 0 aliphatic rings. The highest BCUT2D eigenvalue weighted by Crippen LogP contribution is 2.15. The van der Waals surface area contributed by atoms with Crippen LogP contribution in [-0.4, -0.2) is 38.8 Å². The maximum atomic E-state index is 11.8. The highest BCUT2D eigenvalue weighted by molar-refractivity contribution is 7.89. The number of aromatic amines is 1. The summed E-state index contributed by atoms with van der Waals surface area (Å²) in [6, 6.07) is 0. The first-order chi connectivity index (χ1) is 7.99. The Labute approximate surface area is 96.2 Å². The van der Waals surface area contributed by atoms with Gasteiger partial charge in [-0.25, -0.2) is 13.1 Å². The summed E-state index contributed by atoms with van der Waals surface area (Å²) in [5.74, 6) is 0.171. The van der Waals surface area contributed by atoms with E-state index in [-0.39, 0.29) is 23.1 Å². The van der Waals surface area contributed by atoms with E-state index in [4.69, 9.17) is 5.73 Å². The van der Waals surface area contributed by atoms with Crippen molar-refractivity contribution in [2.75, 3.05) is 5.73 Å². The second-order valence-corrected chi connectivity index (χ2v) is 4.94. The Morgan fingerprint density at radius 2 is 2.35 bits per heavy atom. The molecule has 0 amide bonds. The third-order valence-corrected chi connectivity index (χ3v) is 3.34. The summed E-state index contributed by atoms with van der Waals surface area (Å²) in [7, 11) is -2.15. The predicted molar refractivity (Wildman–Crippen MR) is 55.8 cm³/mol.